The Labute approximate surface area is 84.8 Å². The number of unbranched alkanes of at least 4 members (excludes halogenated alkanes) is 1. The van der Waals surface area contributed by atoms with Gasteiger partial charge in [-0.1, -0.05) is 13.3 Å². The van der Waals surface area contributed by atoms with E-state index in [1.807, 2.05) is 0 Å². The van der Waals surface area contributed by atoms with Crippen LogP contribution < -0.4 is 0 Å². The van der Waals surface area contributed by atoms with Crippen molar-refractivity contribution < 1.29 is 14.6 Å². The van der Waals surface area contributed by atoms with Crippen LogP contribution in [0.15, 0.2) is 0 Å². The first-order chi connectivity index (χ1) is 6.77. The molecular formula is C10H19NO3. The molecule has 82 valence electrons. The van der Waals surface area contributed by atoms with Gasteiger partial charge < -0.3 is 14.7 Å². The van der Waals surface area contributed by atoms with Crippen LogP contribution in [-0.2, 0) is 4.74 Å². The molecule has 0 bridgehead atoms. The van der Waals surface area contributed by atoms with Gasteiger partial charge in [0, 0.05) is 25.6 Å². The van der Waals surface area contributed by atoms with Crippen molar-refractivity contribution in [1.29, 1.82) is 0 Å². The molecule has 1 fully saturated rings. The molecule has 0 aromatic carbocycles. The third-order valence-electron chi connectivity index (χ3n) is 2.53. The van der Waals surface area contributed by atoms with Crippen LogP contribution in [0.5, 0.6) is 0 Å². The fourth-order valence-corrected chi connectivity index (χ4v) is 1.54. The fourth-order valence-electron chi connectivity index (χ4n) is 1.54. The molecule has 1 saturated heterocycles. The highest BCUT2D eigenvalue weighted by Crippen LogP contribution is 2.16. The largest absolute Gasteiger partial charge is 0.449 e. The van der Waals surface area contributed by atoms with Crippen molar-refractivity contribution >= 4 is 6.09 Å². The van der Waals surface area contributed by atoms with Gasteiger partial charge in [0.2, 0.25) is 0 Å². The third-order valence-corrected chi connectivity index (χ3v) is 2.53. The number of rotatable bonds is 4. The molecular weight excluding hydrogens is 182 g/mol. The first-order valence-electron chi connectivity index (χ1n) is 5.30. The van der Waals surface area contributed by atoms with Crippen molar-refractivity contribution in [1.82, 2.24) is 4.90 Å². The number of carbonyl (C=O) groups excluding carboxylic acids is 1. The van der Waals surface area contributed by atoms with E-state index in [2.05, 4.69) is 6.92 Å². The Morgan fingerprint density at radius 3 is 3.00 bits per heavy atom. The van der Waals surface area contributed by atoms with Crippen molar-refractivity contribution in [2.75, 3.05) is 26.3 Å². The highest BCUT2D eigenvalue weighted by molar-refractivity contribution is 5.67. The van der Waals surface area contributed by atoms with Crippen LogP contribution in [0.3, 0.4) is 0 Å². The van der Waals surface area contributed by atoms with Crippen molar-refractivity contribution in [3.8, 4) is 0 Å². The molecule has 1 aliphatic heterocycles. The van der Waals surface area contributed by atoms with Crippen LogP contribution in [0.25, 0.3) is 0 Å². The Bertz CT molecular complexity index is 184. The Morgan fingerprint density at radius 2 is 2.43 bits per heavy atom. The summed E-state index contributed by atoms with van der Waals surface area (Å²) in [7, 11) is 0. The van der Waals surface area contributed by atoms with E-state index in [1.165, 1.54) is 0 Å². The zero-order chi connectivity index (χ0) is 10.4. The Kier molecular flexibility index (Phi) is 4.73. The topological polar surface area (TPSA) is 49.8 Å². The summed E-state index contributed by atoms with van der Waals surface area (Å²) in [6, 6.07) is 0. The maximum Gasteiger partial charge on any atom is 0.409 e. The minimum Gasteiger partial charge on any atom is -0.449 e. The number of carbonyl (C=O) groups is 1. The lowest BCUT2D eigenvalue weighted by atomic mass is 10.1. The Hall–Kier alpha value is -0.770. The third kappa shape index (κ3) is 3.18. The number of ether oxygens (including phenoxy) is 1. The van der Waals surface area contributed by atoms with E-state index in [4.69, 9.17) is 9.84 Å². The van der Waals surface area contributed by atoms with Gasteiger partial charge in [0.15, 0.2) is 0 Å². The summed E-state index contributed by atoms with van der Waals surface area (Å²) in [6.45, 7) is 4.09. The summed E-state index contributed by atoms with van der Waals surface area (Å²) in [5.41, 5.74) is 0. The van der Waals surface area contributed by atoms with Gasteiger partial charge in [-0.2, -0.15) is 0 Å². The minimum atomic E-state index is -0.227. The summed E-state index contributed by atoms with van der Waals surface area (Å²) in [5.74, 6) is 0.244. The Morgan fingerprint density at radius 1 is 1.64 bits per heavy atom. The second-order valence-electron chi connectivity index (χ2n) is 3.75. The lowest BCUT2D eigenvalue weighted by molar-refractivity contribution is 0.106. The van der Waals surface area contributed by atoms with E-state index in [0.29, 0.717) is 13.2 Å². The summed E-state index contributed by atoms with van der Waals surface area (Å²) in [6.07, 6.45) is 2.61. The highest BCUT2D eigenvalue weighted by atomic mass is 16.6. The Balaban J connectivity index is 2.18. The molecule has 1 rings (SSSR count). The average Bonchev–Trinajstić information content (AvgIpc) is 2.66. The second-order valence-corrected chi connectivity index (χ2v) is 3.75. The van der Waals surface area contributed by atoms with Gasteiger partial charge in [-0.05, 0) is 12.8 Å². The lowest BCUT2D eigenvalue weighted by Gasteiger charge is -2.15. The van der Waals surface area contributed by atoms with Crippen LogP contribution >= 0.6 is 0 Å². The maximum absolute atomic E-state index is 11.4. The molecule has 1 heterocycles. The van der Waals surface area contributed by atoms with Gasteiger partial charge in [-0.25, -0.2) is 4.79 Å². The molecule has 14 heavy (non-hydrogen) atoms. The molecule has 4 heteroatoms. The molecule has 0 aromatic heterocycles. The fraction of sp³-hybridized carbons (Fsp3) is 0.900. The number of likely N-dealkylation sites (tertiary alicyclic amines) is 1. The van der Waals surface area contributed by atoms with E-state index in [1.54, 1.807) is 4.90 Å². The first kappa shape index (κ1) is 11.3. The van der Waals surface area contributed by atoms with Gasteiger partial charge >= 0.3 is 6.09 Å². The molecule has 0 radical (unpaired) electrons. The van der Waals surface area contributed by atoms with Crippen LogP contribution in [0.1, 0.15) is 26.2 Å². The second kappa shape index (κ2) is 5.86. The SMILES string of the molecule is CCCCOC(=O)N1CC[C@@H](CO)C1. The minimum absolute atomic E-state index is 0.165. The van der Waals surface area contributed by atoms with E-state index in [9.17, 15) is 4.79 Å². The number of aliphatic hydroxyl groups is 1. The molecule has 0 spiro atoms. The van der Waals surface area contributed by atoms with Gasteiger partial charge in [-0.15, -0.1) is 0 Å². The lowest BCUT2D eigenvalue weighted by Crippen LogP contribution is -2.30. The maximum atomic E-state index is 11.4. The van der Waals surface area contributed by atoms with E-state index < -0.39 is 0 Å². The quantitative estimate of drug-likeness (QED) is 0.696. The predicted molar refractivity (Wildman–Crippen MR) is 53.0 cm³/mol. The van der Waals surface area contributed by atoms with Gasteiger partial charge in [0.1, 0.15) is 0 Å². The summed E-state index contributed by atoms with van der Waals surface area (Å²) in [4.78, 5) is 13.1. The molecule has 4 nitrogen and oxygen atoms in total. The number of aliphatic hydroxyl groups excluding tert-OH is 1. The number of hydrogen-bond donors (Lipinski definition) is 1. The van der Waals surface area contributed by atoms with Crippen molar-refractivity contribution in [2.45, 2.75) is 26.2 Å². The molecule has 1 N–H and O–H groups in total. The van der Waals surface area contributed by atoms with Crippen molar-refractivity contribution in [3.63, 3.8) is 0 Å². The van der Waals surface area contributed by atoms with E-state index in [-0.39, 0.29) is 18.6 Å². The number of amides is 1. The van der Waals surface area contributed by atoms with Crippen LogP contribution in [-0.4, -0.2) is 42.4 Å². The average molecular weight is 201 g/mol. The first-order valence-corrected chi connectivity index (χ1v) is 5.30. The summed E-state index contributed by atoms with van der Waals surface area (Å²) in [5, 5.41) is 8.90. The summed E-state index contributed by atoms with van der Waals surface area (Å²) >= 11 is 0. The van der Waals surface area contributed by atoms with Gasteiger partial charge in [-0.3, -0.25) is 0 Å². The van der Waals surface area contributed by atoms with E-state index >= 15 is 0 Å². The molecule has 1 atom stereocenters. The normalized spacial score (nSPS) is 21.3. The standard InChI is InChI=1S/C10H19NO3/c1-2-3-6-14-10(13)11-5-4-9(7-11)8-12/h9,12H,2-8H2,1H3/t9-/m1/s1. The van der Waals surface area contributed by atoms with Gasteiger partial charge in [0.05, 0.1) is 6.61 Å². The molecule has 1 amide bonds. The molecule has 0 unspecified atom stereocenters. The van der Waals surface area contributed by atoms with Crippen molar-refractivity contribution in [2.24, 2.45) is 5.92 Å². The summed E-state index contributed by atoms with van der Waals surface area (Å²) < 4.78 is 5.06. The van der Waals surface area contributed by atoms with Crippen LogP contribution in [0, 0.1) is 5.92 Å². The zero-order valence-corrected chi connectivity index (χ0v) is 8.74. The monoisotopic (exact) mass is 201 g/mol. The van der Waals surface area contributed by atoms with Gasteiger partial charge in [0.25, 0.3) is 0 Å². The van der Waals surface area contributed by atoms with Crippen molar-refractivity contribution in [3.05, 3.63) is 0 Å². The van der Waals surface area contributed by atoms with Crippen LogP contribution in [0.4, 0.5) is 4.79 Å². The molecule has 0 aliphatic carbocycles. The predicted octanol–water partition coefficient (Wildman–Crippen LogP) is 1.24. The zero-order valence-electron chi connectivity index (χ0n) is 8.74. The molecule has 1 aliphatic rings. The van der Waals surface area contributed by atoms with Crippen LogP contribution in [0.2, 0.25) is 0 Å². The number of nitrogens with zero attached hydrogens (tertiary/aromatic N) is 1. The highest BCUT2D eigenvalue weighted by Gasteiger charge is 2.26. The number of hydrogen-bond acceptors (Lipinski definition) is 3. The molecule has 0 saturated carbocycles. The molecule has 0 aromatic rings. The smallest absolute Gasteiger partial charge is 0.409 e. The van der Waals surface area contributed by atoms with E-state index in [0.717, 1.165) is 25.8 Å².